The Balaban J connectivity index is 1.45. The van der Waals surface area contributed by atoms with Crippen LogP contribution in [0.4, 0.5) is 8.78 Å². The smallest absolute Gasteiger partial charge is 0.223 e. The number of piperidine rings is 1. The monoisotopic (exact) mass is 419 g/mol. The molecule has 4 nitrogen and oxygen atoms in total. The molecule has 1 N–H and O–H groups in total. The number of likely N-dealkylation sites (tertiary alicyclic amines) is 1. The third-order valence-electron chi connectivity index (χ3n) is 6.14. The molecule has 0 spiro atoms. The van der Waals surface area contributed by atoms with E-state index in [9.17, 15) is 13.6 Å². The highest BCUT2D eigenvalue weighted by Gasteiger charge is 2.33. The van der Waals surface area contributed by atoms with E-state index in [-0.39, 0.29) is 23.8 Å². The molecule has 2 fully saturated rings. The summed E-state index contributed by atoms with van der Waals surface area (Å²) in [5, 5.41) is 6.21. The summed E-state index contributed by atoms with van der Waals surface area (Å²) in [4.78, 5) is 19.6. The van der Waals surface area contributed by atoms with E-state index in [1.807, 2.05) is 5.38 Å². The van der Waals surface area contributed by atoms with Gasteiger partial charge in [-0.25, -0.2) is 13.8 Å². The molecule has 0 unspecified atom stereocenters. The molecule has 1 saturated heterocycles. The molecular weight excluding hydrogens is 392 g/mol. The molecule has 1 aromatic carbocycles. The van der Waals surface area contributed by atoms with Gasteiger partial charge in [-0.15, -0.1) is 11.3 Å². The van der Waals surface area contributed by atoms with Crippen LogP contribution in [0.25, 0.3) is 0 Å². The van der Waals surface area contributed by atoms with Crippen molar-refractivity contribution in [3.63, 3.8) is 0 Å². The third-order valence-corrected chi connectivity index (χ3v) is 7.00. The van der Waals surface area contributed by atoms with E-state index in [0.29, 0.717) is 6.54 Å². The number of benzene rings is 1. The summed E-state index contributed by atoms with van der Waals surface area (Å²) in [6.45, 7) is 2.29. The lowest BCUT2D eigenvalue weighted by Crippen LogP contribution is -2.43. The number of nitrogens with one attached hydrogen (secondary N) is 1. The van der Waals surface area contributed by atoms with Gasteiger partial charge in [-0.3, -0.25) is 9.69 Å². The van der Waals surface area contributed by atoms with E-state index >= 15 is 0 Å². The second-order valence-corrected chi connectivity index (χ2v) is 9.15. The van der Waals surface area contributed by atoms with Crippen molar-refractivity contribution in [3.05, 3.63) is 52.0 Å². The lowest BCUT2D eigenvalue weighted by molar-refractivity contribution is -0.126. The van der Waals surface area contributed by atoms with Gasteiger partial charge in [0.1, 0.15) is 5.01 Å². The topological polar surface area (TPSA) is 45.2 Å². The fourth-order valence-corrected chi connectivity index (χ4v) is 5.41. The summed E-state index contributed by atoms with van der Waals surface area (Å²) in [6, 6.07) is 4.02. The Labute approximate surface area is 174 Å². The van der Waals surface area contributed by atoms with Gasteiger partial charge in [0.2, 0.25) is 5.91 Å². The molecule has 2 aromatic rings. The summed E-state index contributed by atoms with van der Waals surface area (Å²) < 4.78 is 26.8. The highest BCUT2D eigenvalue weighted by atomic mass is 32.1. The first-order valence-corrected chi connectivity index (χ1v) is 11.3. The summed E-state index contributed by atoms with van der Waals surface area (Å²) >= 11 is 1.58. The van der Waals surface area contributed by atoms with Crippen molar-refractivity contribution in [1.29, 1.82) is 0 Å². The molecule has 7 heteroatoms. The van der Waals surface area contributed by atoms with Crippen LogP contribution in [-0.2, 0) is 11.3 Å². The van der Waals surface area contributed by atoms with Crippen LogP contribution in [0, 0.1) is 23.5 Å². The van der Waals surface area contributed by atoms with E-state index < -0.39 is 11.6 Å². The second-order valence-electron chi connectivity index (χ2n) is 8.22. The fraction of sp³-hybridized carbons (Fsp3) is 0.545. The Hall–Kier alpha value is -1.86. The Bertz CT molecular complexity index is 823. The molecule has 1 aromatic heterocycles. The van der Waals surface area contributed by atoms with Gasteiger partial charge in [-0.1, -0.05) is 18.9 Å². The predicted octanol–water partition coefficient (Wildman–Crippen LogP) is 4.68. The number of thiazole rings is 1. The maximum absolute atomic E-state index is 13.6. The van der Waals surface area contributed by atoms with Crippen molar-refractivity contribution in [3.8, 4) is 0 Å². The summed E-state index contributed by atoms with van der Waals surface area (Å²) in [6.07, 6.45) is 8.03. The Morgan fingerprint density at radius 3 is 2.76 bits per heavy atom. The molecule has 1 aliphatic heterocycles. The highest BCUT2D eigenvalue weighted by Crippen LogP contribution is 2.33. The quantitative estimate of drug-likeness (QED) is 0.739. The van der Waals surface area contributed by atoms with Gasteiger partial charge in [-0.2, -0.15) is 0 Å². The van der Waals surface area contributed by atoms with E-state index in [1.54, 1.807) is 23.6 Å². The Kier molecular flexibility index (Phi) is 6.55. The molecular formula is C22H27F2N3OS. The van der Waals surface area contributed by atoms with Crippen LogP contribution < -0.4 is 5.32 Å². The van der Waals surface area contributed by atoms with Crippen molar-refractivity contribution in [2.75, 3.05) is 13.1 Å². The lowest BCUT2D eigenvalue weighted by Gasteiger charge is -2.37. The lowest BCUT2D eigenvalue weighted by atomic mass is 9.90. The highest BCUT2D eigenvalue weighted by molar-refractivity contribution is 7.09. The van der Waals surface area contributed by atoms with Crippen molar-refractivity contribution in [2.45, 2.75) is 51.1 Å². The number of rotatable bonds is 6. The van der Waals surface area contributed by atoms with Crippen LogP contribution in [0.5, 0.6) is 0 Å². The minimum Gasteiger partial charge on any atom is -0.346 e. The number of carbonyl (C=O) groups is 1. The van der Waals surface area contributed by atoms with E-state index in [2.05, 4.69) is 15.2 Å². The Morgan fingerprint density at radius 1 is 1.21 bits per heavy atom. The minimum absolute atomic E-state index is 0.0872. The molecule has 4 rings (SSSR count). The van der Waals surface area contributed by atoms with Crippen LogP contribution in [0.15, 0.2) is 29.8 Å². The molecule has 0 bridgehead atoms. The van der Waals surface area contributed by atoms with E-state index in [4.69, 9.17) is 0 Å². The number of hydrogen-bond acceptors (Lipinski definition) is 4. The normalized spacial score (nSPS) is 21.9. The van der Waals surface area contributed by atoms with Crippen molar-refractivity contribution in [2.24, 2.45) is 11.8 Å². The number of hydrogen-bond donors (Lipinski definition) is 1. The number of carbonyl (C=O) groups excluding carboxylic acids is 1. The first kappa shape index (κ1) is 20.4. The molecule has 0 radical (unpaired) electrons. The molecule has 2 atom stereocenters. The predicted molar refractivity (Wildman–Crippen MR) is 109 cm³/mol. The SMILES string of the molecule is O=C(N[C@H](c1nccs1)[C@@H]1CCCN(Cc2ccc(F)c(F)c2)C1)C1CCCC1. The van der Waals surface area contributed by atoms with Crippen molar-refractivity contribution >= 4 is 17.2 Å². The van der Waals surface area contributed by atoms with Gasteiger partial charge in [0.15, 0.2) is 11.6 Å². The maximum atomic E-state index is 13.6. The molecule has 2 aliphatic rings. The van der Waals surface area contributed by atoms with E-state index in [0.717, 1.165) is 62.2 Å². The summed E-state index contributed by atoms with van der Waals surface area (Å²) in [7, 11) is 0. The standard InChI is InChI=1S/C22H27F2N3OS/c23-18-8-7-15(12-19(18)24)13-27-10-3-6-17(14-27)20(22-25-9-11-29-22)26-21(28)16-4-1-2-5-16/h7-9,11-12,16-17,20H,1-6,10,13-14H2,(H,26,28)/t17-,20+/m1/s1. The van der Waals surface area contributed by atoms with Crippen LogP contribution in [-0.4, -0.2) is 28.9 Å². The number of nitrogens with zero attached hydrogens (tertiary/aromatic N) is 2. The molecule has 156 valence electrons. The second kappa shape index (κ2) is 9.30. The van der Waals surface area contributed by atoms with Gasteiger partial charge in [0.05, 0.1) is 6.04 Å². The number of amides is 1. The van der Waals surface area contributed by atoms with Crippen LogP contribution in [0.3, 0.4) is 0 Å². The third kappa shape index (κ3) is 5.01. The van der Waals surface area contributed by atoms with Gasteiger partial charge in [0, 0.05) is 30.6 Å². The Morgan fingerprint density at radius 2 is 2.03 bits per heavy atom. The maximum Gasteiger partial charge on any atom is 0.223 e. The summed E-state index contributed by atoms with van der Waals surface area (Å²) in [5.74, 6) is -1.09. The first-order valence-electron chi connectivity index (χ1n) is 10.5. The number of halogens is 2. The molecule has 1 saturated carbocycles. The molecule has 2 heterocycles. The van der Waals surface area contributed by atoms with Gasteiger partial charge in [0.25, 0.3) is 0 Å². The average molecular weight is 420 g/mol. The molecule has 29 heavy (non-hydrogen) atoms. The van der Waals surface area contributed by atoms with Crippen LogP contribution >= 0.6 is 11.3 Å². The largest absolute Gasteiger partial charge is 0.346 e. The zero-order chi connectivity index (χ0) is 20.2. The first-order chi connectivity index (χ1) is 14.1. The van der Waals surface area contributed by atoms with Crippen molar-refractivity contribution < 1.29 is 13.6 Å². The zero-order valence-corrected chi connectivity index (χ0v) is 17.3. The van der Waals surface area contributed by atoms with Crippen LogP contribution in [0.2, 0.25) is 0 Å². The van der Waals surface area contributed by atoms with Gasteiger partial charge < -0.3 is 5.32 Å². The molecule has 1 amide bonds. The van der Waals surface area contributed by atoms with Gasteiger partial charge in [-0.05, 0) is 55.8 Å². The van der Waals surface area contributed by atoms with Crippen molar-refractivity contribution in [1.82, 2.24) is 15.2 Å². The molecule has 1 aliphatic carbocycles. The minimum atomic E-state index is -0.816. The zero-order valence-electron chi connectivity index (χ0n) is 16.4. The van der Waals surface area contributed by atoms with Crippen LogP contribution in [0.1, 0.15) is 55.1 Å². The number of aromatic nitrogens is 1. The summed E-state index contributed by atoms with van der Waals surface area (Å²) in [5.41, 5.74) is 0.769. The van der Waals surface area contributed by atoms with E-state index in [1.165, 1.54) is 12.1 Å². The fourth-order valence-electron chi connectivity index (χ4n) is 4.63. The van der Waals surface area contributed by atoms with Gasteiger partial charge >= 0.3 is 0 Å². The average Bonchev–Trinajstić information content (AvgIpc) is 3.43.